The third-order valence-corrected chi connectivity index (χ3v) is 2.87. The average molecular weight is 230 g/mol. The van der Waals surface area contributed by atoms with Gasteiger partial charge in [-0.15, -0.1) is 0 Å². The zero-order chi connectivity index (χ0) is 12.1. The Hall–Kier alpha value is -1.61. The minimum Gasteiger partial charge on any atom is -0.472 e. The van der Waals surface area contributed by atoms with Crippen molar-refractivity contribution < 1.29 is 4.42 Å². The molecule has 3 nitrogen and oxygen atoms in total. The van der Waals surface area contributed by atoms with Gasteiger partial charge in [0.15, 0.2) is 0 Å². The Kier molecular flexibility index (Phi) is 3.94. The van der Waals surface area contributed by atoms with Gasteiger partial charge in [0.25, 0.3) is 0 Å². The van der Waals surface area contributed by atoms with Crippen LogP contribution in [0.15, 0.2) is 41.5 Å². The van der Waals surface area contributed by atoms with Crippen LogP contribution < -0.4 is 5.32 Å². The van der Waals surface area contributed by atoms with E-state index in [1.54, 1.807) is 12.5 Å². The van der Waals surface area contributed by atoms with Crippen LogP contribution in [-0.2, 0) is 0 Å². The van der Waals surface area contributed by atoms with Crippen LogP contribution in [0.5, 0.6) is 0 Å². The third kappa shape index (κ3) is 2.74. The van der Waals surface area contributed by atoms with Crippen molar-refractivity contribution in [1.29, 1.82) is 0 Å². The van der Waals surface area contributed by atoms with Crippen molar-refractivity contribution >= 4 is 0 Å². The number of nitrogens with one attached hydrogen (secondary N) is 1. The van der Waals surface area contributed by atoms with Gasteiger partial charge in [-0.05, 0) is 43.1 Å². The van der Waals surface area contributed by atoms with E-state index in [9.17, 15) is 0 Å². The summed E-state index contributed by atoms with van der Waals surface area (Å²) in [5.41, 5.74) is 3.60. The number of furan rings is 1. The van der Waals surface area contributed by atoms with Crippen molar-refractivity contribution in [2.45, 2.75) is 26.3 Å². The first kappa shape index (κ1) is 11.9. The standard InChI is InChI=1S/C14H18N2O/c1-3-6-16-14(12-5-8-17-10-12)13-9-15-7-4-11(13)2/h4-5,7-10,14,16H,3,6H2,1-2H3. The molecule has 1 N–H and O–H groups in total. The molecule has 0 aliphatic rings. The fourth-order valence-electron chi connectivity index (χ4n) is 1.91. The lowest BCUT2D eigenvalue weighted by atomic mass is 9.99. The molecule has 0 amide bonds. The molecule has 2 rings (SSSR count). The highest BCUT2D eigenvalue weighted by atomic mass is 16.3. The molecule has 1 atom stereocenters. The highest BCUT2D eigenvalue weighted by molar-refractivity contribution is 5.33. The lowest BCUT2D eigenvalue weighted by Gasteiger charge is -2.19. The Balaban J connectivity index is 2.30. The van der Waals surface area contributed by atoms with E-state index >= 15 is 0 Å². The molecular weight excluding hydrogens is 212 g/mol. The second-order valence-corrected chi connectivity index (χ2v) is 4.18. The molecule has 0 saturated carbocycles. The number of aryl methyl sites for hydroxylation is 1. The van der Waals surface area contributed by atoms with E-state index in [1.165, 1.54) is 11.1 Å². The highest BCUT2D eigenvalue weighted by Gasteiger charge is 2.16. The number of aromatic nitrogens is 1. The molecular formula is C14H18N2O. The van der Waals surface area contributed by atoms with Gasteiger partial charge in [-0.2, -0.15) is 0 Å². The summed E-state index contributed by atoms with van der Waals surface area (Å²) >= 11 is 0. The fourth-order valence-corrected chi connectivity index (χ4v) is 1.91. The van der Waals surface area contributed by atoms with Crippen LogP contribution in [0, 0.1) is 6.92 Å². The van der Waals surface area contributed by atoms with E-state index in [0.29, 0.717) is 0 Å². The lowest BCUT2D eigenvalue weighted by Crippen LogP contribution is -2.23. The summed E-state index contributed by atoms with van der Waals surface area (Å²) in [5.74, 6) is 0. The zero-order valence-electron chi connectivity index (χ0n) is 10.3. The largest absolute Gasteiger partial charge is 0.472 e. The summed E-state index contributed by atoms with van der Waals surface area (Å²) in [7, 11) is 0. The van der Waals surface area contributed by atoms with Gasteiger partial charge in [-0.1, -0.05) is 6.92 Å². The van der Waals surface area contributed by atoms with Gasteiger partial charge in [-0.25, -0.2) is 0 Å². The maximum atomic E-state index is 5.18. The van der Waals surface area contributed by atoms with Gasteiger partial charge in [0.05, 0.1) is 18.6 Å². The van der Waals surface area contributed by atoms with E-state index in [0.717, 1.165) is 18.5 Å². The molecule has 0 aliphatic heterocycles. The number of pyridine rings is 1. The maximum absolute atomic E-state index is 5.18. The summed E-state index contributed by atoms with van der Waals surface area (Å²) in [5, 5.41) is 3.53. The van der Waals surface area contributed by atoms with Crippen LogP contribution in [-0.4, -0.2) is 11.5 Å². The smallest absolute Gasteiger partial charge is 0.0953 e. The van der Waals surface area contributed by atoms with Crippen LogP contribution in [0.1, 0.15) is 36.1 Å². The molecule has 0 fully saturated rings. The third-order valence-electron chi connectivity index (χ3n) is 2.87. The molecule has 0 bridgehead atoms. The molecule has 0 spiro atoms. The SMILES string of the molecule is CCCNC(c1ccoc1)c1cnccc1C. The van der Waals surface area contributed by atoms with Gasteiger partial charge in [0.1, 0.15) is 0 Å². The van der Waals surface area contributed by atoms with Crippen molar-refractivity contribution in [2.24, 2.45) is 0 Å². The molecule has 1 unspecified atom stereocenters. The van der Waals surface area contributed by atoms with Crippen molar-refractivity contribution in [3.8, 4) is 0 Å². The predicted molar refractivity (Wildman–Crippen MR) is 67.8 cm³/mol. The Labute approximate surface area is 102 Å². The minimum absolute atomic E-state index is 0.169. The fraction of sp³-hybridized carbons (Fsp3) is 0.357. The molecule has 0 radical (unpaired) electrons. The molecule has 90 valence electrons. The summed E-state index contributed by atoms with van der Waals surface area (Å²) in [6.45, 7) is 5.25. The van der Waals surface area contributed by atoms with Crippen LogP contribution in [0.3, 0.4) is 0 Å². The van der Waals surface area contributed by atoms with E-state index in [1.807, 2.05) is 24.5 Å². The second-order valence-electron chi connectivity index (χ2n) is 4.18. The maximum Gasteiger partial charge on any atom is 0.0953 e. The molecule has 3 heteroatoms. The van der Waals surface area contributed by atoms with Gasteiger partial charge in [-0.3, -0.25) is 4.98 Å². The van der Waals surface area contributed by atoms with Crippen LogP contribution in [0.4, 0.5) is 0 Å². The molecule has 17 heavy (non-hydrogen) atoms. The molecule has 2 heterocycles. The van der Waals surface area contributed by atoms with Crippen molar-refractivity contribution in [3.05, 3.63) is 53.7 Å². The van der Waals surface area contributed by atoms with Crippen LogP contribution >= 0.6 is 0 Å². The number of hydrogen-bond acceptors (Lipinski definition) is 3. The van der Waals surface area contributed by atoms with Crippen molar-refractivity contribution in [1.82, 2.24) is 10.3 Å². The molecule has 0 saturated heterocycles. The molecule has 0 aliphatic carbocycles. The first-order valence-corrected chi connectivity index (χ1v) is 5.99. The van der Waals surface area contributed by atoms with E-state index in [4.69, 9.17) is 4.42 Å². The second kappa shape index (κ2) is 5.64. The van der Waals surface area contributed by atoms with Crippen LogP contribution in [0.2, 0.25) is 0 Å². The van der Waals surface area contributed by atoms with E-state index < -0.39 is 0 Å². The number of rotatable bonds is 5. The number of nitrogens with zero attached hydrogens (tertiary/aromatic N) is 1. The topological polar surface area (TPSA) is 38.1 Å². The monoisotopic (exact) mass is 230 g/mol. The highest BCUT2D eigenvalue weighted by Crippen LogP contribution is 2.24. The van der Waals surface area contributed by atoms with Gasteiger partial charge in [0, 0.05) is 18.0 Å². The Morgan fingerprint density at radius 1 is 1.41 bits per heavy atom. The normalized spacial score (nSPS) is 12.6. The first-order chi connectivity index (χ1) is 8.33. The summed E-state index contributed by atoms with van der Waals surface area (Å²) in [6.07, 6.45) is 8.36. The van der Waals surface area contributed by atoms with Crippen molar-refractivity contribution in [2.75, 3.05) is 6.54 Å². The first-order valence-electron chi connectivity index (χ1n) is 5.99. The molecule has 2 aromatic rings. The van der Waals surface area contributed by atoms with Crippen molar-refractivity contribution in [3.63, 3.8) is 0 Å². The molecule has 0 aromatic carbocycles. The Bertz CT molecular complexity index is 451. The van der Waals surface area contributed by atoms with Gasteiger partial charge in [0.2, 0.25) is 0 Å². The molecule has 2 aromatic heterocycles. The summed E-state index contributed by atoms with van der Waals surface area (Å²) in [6, 6.07) is 4.21. The summed E-state index contributed by atoms with van der Waals surface area (Å²) in [4.78, 5) is 4.21. The summed E-state index contributed by atoms with van der Waals surface area (Å²) < 4.78 is 5.18. The van der Waals surface area contributed by atoms with E-state index in [2.05, 4.69) is 24.1 Å². The minimum atomic E-state index is 0.169. The van der Waals surface area contributed by atoms with E-state index in [-0.39, 0.29) is 6.04 Å². The van der Waals surface area contributed by atoms with Crippen LogP contribution in [0.25, 0.3) is 0 Å². The average Bonchev–Trinajstić information content (AvgIpc) is 2.85. The van der Waals surface area contributed by atoms with Gasteiger partial charge >= 0.3 is 0 Å². The predicted octanol–water partition coefficient (Wildman–Crippen LogP) is 3.07. The number of hydrogen-bond donors (Lipinski definition) is 1. The lowest BCUT2D eigenvalue weighted by molar-refractivity contribution is 0.547. The van der Waals surface area contributed by atoms with Gasteiger partial charge < -0.3 is 9.73 Å². The quantitative estimate of drug-likeness (QED) is 0.857. The zero-order valence-corrected chi connectivity index (χ0v) is 10.3. The Morgan fingerprint density at radius 3 is 2.94 bits per heavy atom. The Morgan fingerprint density at radius 2 is 2.29 bits per heavy atom.